The van der Waals surface area contributed by atoms with Crippen LogP contribution in [0.2, 0.25) is 0 Å². The summed E-state index contributed by atoms with van der Waals surface area (Å²) in [4.78, 5) is 17.0. The lowest BCUT2D eigenvalue weighted by Gasteiger charge is -2.08. The van der Waals surface area contributed by atoms with E-state index in [2.05, 4.69) is 10.3 Å². The van der Waals surface area contributed by atoms with Crippen molar-refractivity contribution >= 4 is 16.6 Å². The molecule has 0 amide bonds. The van der Waals surface area contributed by atoms with Crippen molar-refractivity contribution in [3.05, 3.63) is 82.5 Å². The standard InChI is InChI=1S/C19H13N5O/c20-9-15(10-21)11-22-16-6-7-18-17(8-16)19(25)24(13-23-18)12-14-4-2-1-3-5-14/h1-8,11,13,22H,12H2. The van der Waals surface area contributed by atoms with Crippen molar-refractivity contribution in [1.29, 1.82) is 10.5 Å². The van der Waals surface area contributed by atoms with Gasteiger partial charge in [-0.1, -0.05) is 30.3 Å². The van der Waals surface area contributed by atoms with Crippen molar-refractivity contribution < 1.29 is 0 Å². The van der Waals surface area contributed by atoms with Crippen LogP contribution in [-0.4, -0.2) is 9.55 Å². The number of nitrogens with one attached hydrogen (secondary N) is 1. The van der Waals surface area contributed by atoms with Gasteiger partial charge in [-0.2, -0.15) is 10.5 Å². The molecule has 0 bridgehead atoms. The van der Waals surface area contributed by atoms with Crippen LogP contribution in [0.15, 0.2) is 71.4 Å². The summed E-state index contributed by atoms with van der Waals surface area (Å²) < 4.78 is 1.55. The van der Waals surface area contributed by atoms with E-state index in [0.29, 0.717) is 23.1 Å². The molecular weight excluding hydrogens is 314 g/mol. The number of hydrogen-bond donors (Lipinski definition) is 1. The van der Waals surface area contributed by atoms with Crippen LogP contribution in [-0.2, 0) is 6.54 Å². The fraction of sp³-hybridized carbons (Fsp3) is 0.0526. The monoisotopic (exact) mass is 327 g/mol. The number of aromatic nitrogens is 2. The lowest BCUT2D eigenvalue weighted by atomic mass is 10.2. The lowest BCUT2D eigenvalue weighted by molar-refractivity contribution is 0.748. The first-order chi connectivity index (χ1) is 12.2. The molecule has 0 unspecified atom stereocenters. The molecule has 0 saturated heterocycles. The van der Waals surface area contributed by atoms with Crippen molar-refractivity contribution in [2.75, 3.05) is 5.32 Å². The fourth-order valence-corrected chi connectivity index (χ4v) is 2.39. The Labute approximate surface area is 143 Å². The Morgan fingerprint density at radius 2 is 1.92 bits per heavy atom. The van der Waals surface area contributed by atoms with E-state index in [9.17, 15) is 4.79 Å². The highest BCUT2D eigenvalue weighted by atomic mass is 16.1. The molecule has 25 heavy (non-hydrogen) atoms. The van der Waals surface area contributed by atoms with Crippen LogP contribution in [0, 0.1) is 22.7 Å². The first-order valence-corrected chi connectivity index (χ1v) is 7.51. The highest BCUT2D eigenvalue weighted by molar-refractivity contribution is 5.81. The third-order valence-corrected chi connectivity index (χ3v) is 3.64. The van der Waals surface area contributed by atoms with Gasteiger partial charge in [-0.05, 0) is 23.8 Å². The van der Waals surface area contributed by atoms with Crippen LogP contribution in [0.1, 0.15) is 5.56 Å². The number of allylic oxidation sites excluding steroid dienone is 1. The largest absolute Gasteiger partial charge is 0.360 e. The maximum absolute atomic E-state index is 12.7. The van der Waals surface area contributed by atoms with Crippen LogP contribution < -0.4 is 10.9 Å². The van der Waals surface area contributed by atoms with E-state index in [1.54, 1.807) is 34.9 Å². The molecule has 0 saturated carbocycles. The minimum atomic E-state index is -0.151. The predicted molar refractivity (Wildman–Crippen MR) is 94.5 cm³/mol. The van der Waals surface area contributed by atoms with E-state index < -0.39 is 0 Å². The van der Waals surface area contributed by atoms with Crippen LogP contribution in [0.3, 0.4) is 0 Å². The number of anilines is 1. The third-order valence-electron chi connectivity index (χ3n) is 3.64. The highest BCUT2D eigenvalue weighted by Gasteiger charge is 2.06. The van der Waals surface area contributed by atoms with E-state index in [1.165, 1.54) is 12.5 Å². The summed E-state index contributed by atoms with van der Waals surface area (Å²) in [5, 5.41) is 20.8. The Kier molecular flexibility index (Phi) is 4.55. The van der Waals surface area contributed by atoms with Gasteiger partial charge in [0.15, 0.2) is 0 Å². The second-order valence-electron chi connectivity index (χ2n) is 5.32. The number of nitrogens with zero attached hydrogens (tertiary/aromatic N) is 4. The molecule has 1 heterocycles. The van der Waals surface area contributed by atoms with Crippen molar-refractivity contribution in [1.82, 2.24) is 9.55 Å². The van der Waals surface area contributed by atoms with Crippen LogP contribution in [0.25, 0.3) is 10.9 Å². The highest BCUT2D eigenvalue weighted by Crippen LogP contribution is 2.15. The van der Waals surface area contributed by atoms with E-state index in [-0.39, 0.29) is 11.1 Å². The topological polar surface area (TPSA) is 94.5 Å². The van der Waals surface area contributed by atoms with Gasteiger partial charge in [0, 0.05) is 11.9 Å². The Morgan fingerprint density at radius 3 is 2.64 bits per heavy atom. The van der Waals surface area contributed by atoms with E-state index in [0.717, 1.165) is 5.56 Å². The minimum absolute atomic E-state index is 0.0484. The molecule has 0 aliphatic carbocycles. The number of rotatable bonds is 4. The summed E-state index contributed by atoms with van der Waals surface area (Å²) >= 11 is 0. The Hall–Kier alpha value is -3.90. The van der Waals surface area contributed by atoms with Crippen LogP contribution >= 0.6 is 0 Å². The van der Waals surface area contributed by atoms with Crippen LogP contribution in [0.5, 0.6) is 0 Å². The van der Waals surface area contributed by atoms with Gasteiger partial charge in [-0.25, -0.2) is 4.98 Å². The molecule has 1 N–H and O–H groups in total. The van der Waals surface area contributed by atoms with Gasteiger partial charge in [0.2, 0.25) is 0 Å². The Balaban J connectivity index is 1.97. The SMILES string of the molecule is N#CC(C#N)=CNc1ccc2ncn(Cc3ccccc3)c(=O)c2c1. The lowest BCUT2D eigenvalue weighted by Crippen LogP contribution is -2.21. The van der Waals surface area contributed by atoms with Crippen molar-refractivity contribution in [2.45, 2.75) is 6.54 Å². The van der Waals surface area contributed by atoms with Crippen molar-refractivity contribution in [2.24, 2.45) is 0 Å². The van der Waals surface area contributed by atoms with E-state index >= 15 is 0 Å². The number of hydrogen-bond acceptors (Lipinski definition) is 5. The smallest absolute Gasteiger partial charge is 0.261 e. The zero-order valence-electron chi connectivity index (χ0n) is 13.2. The van der Waals surface area contributed by atoms with E-state index in [4.69, 9.17) is 10.5 Å². The molecular formula is C19H13N5O. The van der Waals surface area contributed by atoms with E-state index in [1.807, 2.05) is 30.3 Å². The van der Waals surface area contributed by atoms with Gasteiger partial charge < -0.3 is 5.32 Å². The normalized spacial score (nSPS) is 9.84. The van der Waals surface area contributed by atoms with Gasteiger partial charge >= 0.3 is 0 Å². The molecule has 0 radical (unpaired) electrons. The Morgan fingerprint density at radius 1 is 1.16 bits per heavy atom. The first-order valence-electron chi connectivity index (χ1n) is 7.51. The minimum Gasteiger partial charge on any atom is -0.360 e. The van der Waals surface area contributed by atoms with Crippen molar-refractivity contribution in [3.8, 4) is 12.1 Å². The van der Waals surface area contributed by atoms with Gasteiger partial charge in [-0.3, -0.25) is 9.36 Å². The Bertz CT molecular complexity index is 1070. The molecule has 0 aliphatic heterocycles. The maximum Gasteiger partial charge on any atom is 0.261 e. The number of benzene rings is 2. The van der Waals surface area contributed by atoms with Gasteiger partial charge in [0.1, 0.15) is 17.7 Å². The second-order valence-corrected chi connectivity index (χ2v) is 5.32. The quantitative estimate of drug-likeness (QED) is 0.744. The summed E-state index contributed by atoms with van der Waals surface area (Å²) in [6.45, 7) is 0.438. The zero-order chi connectivity index (χ0) is 17.6. The second kappa shape index (κ2) is 7.12. The average Bonchev–Trinajstić information content (AvgIpc) is 2.66. The molecule has 0 spiro atoms. The van der Waals surface area contributed by atoms with Gasteiger partial charge in [-0.15, -0.1) is 0 Å². The molecule has 3 rings (SSSR count). The molecule has 0 aliphatic rings. The molecule has 2 aromatic carbocycles. The van der Waals surface area contributed by atoms with Gasteiger partial charge in [0.05, 0.1) is 23.8 Å². The average molecular weight is 327 g/mol. The molecule has 6 nitrogen and oxygen atoms in total. The summed E-state index contributed by atoms with van der Waals surface area (Å²) in [5.41, 5.74) is 2.00. The zero-order valence-corrected chi connectivity index (χ0v) is 13.2. The summed E-state index contributed by atoms with van der Waals surface area (Å²) in [6, 6.07) is 18.3. The molecule has 3 aromatic rings. The summed E-state index contributed by atoms with van der Waals surface area (Å²) in [6.07, 6.45) is 2.84. The molecule has 6 heteroatoms. The molecule has 0 fully saturated rings. The van der Waals surface area contributed by atoms with Crippen molar-refractivity contribution in [3.63, 3.8) is 0 Å². The number of nitriles is 2. The van der Waals surface area contributed by atoms with Crippen LogP contribution in [0.4, 0.5) is 5.69 Å². The van der Waals surface area contributed by atoms with Gasteiger partial charge in [0.25, 0.3) is 5.56 Å². The maximum atomic E-state index is 12.7. The first kappa shape index (κ1) is 16.0. The summed E-state index contributed by atoms with van der Waals surface area (Å²) in [7, 11) is 0. The third kappa shape index (κ3) is 3.54. The fourth-order valence-electron chi connectivity index (χ4n) is 2.39. The molecule has 120 valence electrons. The number of fused-ring (bicyclic) bond motifs is 1. The predicted octanol–water partition coefficient (Wildman–Crippen LogP) is 2.79. The summed E-state index contributed by atoms with van der Waals surface area (Å²) in [5.74, 6) is 0. The molecule has 0 atom stereocenters. The molecule has 1 aromatic heterocycles.